The molecule has 1 saturated carbocycles. The predicted octanol–water partition coefficient (Wildman–Crippen LogP) is 4.57. The number of hydrogen-bond donors (Lipinski definition) is 2. The molecule has 2 aromatic carbocycles. The maximum absolute atomic E-state index is 6.80. The summed E-state index contributed by atoms with van der Waals surface area (Å²) in [5, 5.41) is 9.58. The monoisotopic (exact) mass is 480 g/mol. The van der Waals surface area contributed by atoms with Gasteiger partial charge in [-0.2, -0.15) is 5.10 Å². The molecule has 1 aliphatic carbocycles. The van der Waals surface area contributed by atoms with Crippen molar-refractivity contribution in [2.75, 3.05) is 6.54 Å². The van der Waals surface area contributed by atoms with Gasteiger partial charge in [0.05, 0.1) is 41.8 Å². The van der Waals surface area contributed by atoms with E-state index in [9.17, 15) is 0 Å². The minimum atomic E-state index is 0. The van der Waals surface area contributed by atoms with Gasteiger partial charge in [-0.3, -0.25) is 4.99 Å². The third kappa shape index (κ3) is 4.16. The van der Waals surface area contributed by atoms with Gasteiger partial charge in [0, 0.05) is 10.6 Å². The number of nitrogens with zero attached hydrogens (tertiary/aromatic N) is 2. The van der Waals surface area contributed by atoms with Gasteiger partial charge in [-0.25, -0.2) is 0 Å². The zero-order valence-electron chi connectivity index (χ0n) is 18.2. The molecular formula is C26H26Cl2N4O. The number of allylic oxidation sites excluding steroid dienone is 1. The molecule has 0 spiro atoms. The molecule has 3 heterocycles. The lowest BCUT2D eigenvalue weighted by atomic mass is 9.82. The van der Waals surface area contributed by atoms with Crippen LogP contribution in [-0.4, -0.2) is 23.8 Å². The minimum absolute atomic E-state index is 0. The van der Waals surface area contributed by atoms with Crippen LogP contribution in [0.25, 0.3) is 16.3 Å². The van der Waals surface area contributed by atoms with Crippen molar-refractivity contribution in [3.05, 3.63) is 75.5 Å². The molecule has 0 bridgehead atoms. The number of ether oxygens (including phenoxy) is 1. The summed E-state index contributed by atoms with van der Waals surface area (Å²) in [6.07, 6.45) is 8.24. The fourth-order valence-electron chi connectivity index (χ4n) is 5.19. The number of hydrazone groups is 1. The normalized spacial score (nSPS) is 21.6. The number of rotatable bonds is 3. The Bertz CT molecular complexity index is 1370. The van der Waals surface area contributed by atoms with Crippen LogP contribution < -0.4 is 20.9 Å². The van der Waals surface area contributed by atoms with Crippen LogP contribution >= 0.6 is 24.0 Å². The largest absolute Gasteiger partial charge is 0.490 e. The fourth-order valence-corrected chi connectivity index (χ4v) is 5.51. The van der Waals surface area contributed by atoms with Gasteiger partial charge >= 0.3 is 0 Å². The number of halogens is 2. The maximum atomic E-state index is 6.80. The van der Waals surface area contributed by atoms with Gasteiger partial charge in [0.15, 0.2) is 0 Å². The zero-order chi connectivity index (χ0) is 21.5. The van der Waals surface area contributed by atoms with Gasteiger partial charge in [-0.15, -0.1) is 12.4 Å². The summed E-state index contributed by atoms with van der Waals surface area (Å²) in [4.78, 5) is 8.38. The van der Waals surface area contributed by atoms with E-state index in [4.69, 9.17) is 21.3 Å². The van der Waals surface area contributed by atoms with E-state index in [1.807, 2.05) is 12.3 Å². The number of benzene rings is 2. The molecule has 0 saturated heterocycles. The summed E-state index contributed by atoms with van der Waals surface area (Å²) in [5.41, 5.74) is 6.48. The SMILES string of the molecule is Cl.ClC1=CCN=c2c3c([nH]c2=C1C1CCC(Oc2ccc4ccccc4c2)CC1)C=NNC3. The molecule has 33 heavy (non-hydrogen) atoms. The van der Waals surface area contributed by atoms with Crippen LogP contribution in [0.4, 0.5) is 0 Å². The highest BCUT2D eigenvalue weighted by molar-refractivity contribution is 6.35. The summed E-state index contributed by atoms with van der Waals surface area (Å²) in [5.74, 6) is 1.35. The number of hydrogen-bond acceptors (Lipinski definition) is 4. The number of aromatic amines is 1. The second kappa shape index (κ2) is 9.24. The molecule has 1 fully saturated rings. The summed E-state index contributed by atoms with van der Waals surface area (Å²) < 4.78 is 6.38. The first-order valence-corrected chi connectivity index (χ1v) is 11.7. The van der Waals surface area contributed by atoms with Gasteiger partial charge in [0.1, 0.15) is 5.75 Å². The quantitative estimate of drug-likeness (QED) is 0.576. The third-order valence-corrected chi connectivity index (χ3v) is 7.16. The molecule has 0 unspecified atom stereocenters. The first-order valence-electron chi connectivity index (χ1n) is 11.3. The molecule has 5 nitrogen and oxygen atoms in total. The number of nitrogens with one attached hydrogen (secondary N) is 2. The van der Waals surface area contributed by atoms with Crippen molar-refractivity contribution >= 4 is 46.6 Å². The maximum Gasteiger partial charge on any atom is 0.120 e. The molecule has 2 N–H and O–H groups in total. The molecule has 1 aromatic heterocycles. The molecule has 2 aliphatic heterocycles. The minimum Gasteiger partial charge on any atom is -0.490 e. The topological polar surface area (TPSA) is 61.8 Å². The molecule has 0 amide bonds. The van der Waals surface area contributed by atoms with Crippen LogP contribution in [0.2, 0.25) is 0 Å². The van der Waals surface area contributed by atoms with Crippen LogP contribution in [0.3, 0.4) is 0 Å². The highest BCUT2D eigenvalue weighted by Gasteiger charge is 2.28. The first-order chi connectivity index (χ1) is 15.8. The van der Waals surface area contributed by atoms with Crippen LogP contribution in [0.15, 0.2) is 63.7 Å². The highest BCUT2D eigenvalue weighted by Crippen LogP contribution is 2.37. The Morgan fingerprint density at radius 3 is 2.67 bits per heavy atom. The van der Waals surface area contributed by atoms with E-state index in [0.29, 0.717) is 19.0 Å². The van der Waals surface area contributed by atoms with Crippen LogP contribution in [0.1, 0.15) is 36.9 Å². The molecule has 6 rings (SSSR count). The van der Waals surface area contributed by atoms with Gasteiger partial charge in [-0.05, 0) is 66.2 Å². The van der Waals surface area contributed by atoms with Crippen molar-refractivity contribution in [1.82, 2.24) is 10.4 Å². The van der Waals surface area contributed by atoms with Gasteiger partial charge in [-0.1, -0.05) is 41.9 Å². The lowest BCUT2D eigenvalue weighted by molar-refractivity contribution is 0.143. The van der Waals surface area contributed by atoms with E-state index in [-0.39, 0.29) is 18.5 Å². The molecule has 170 valence electrons. The Morgan fingerprint density at radius 1 is 1.00 bits per heavy atom. The van der Waals surface area contributed by atoms with Gasteiger partial charge in [0.25, 0.3) is 0 Å². The molecule has 3 aliphatic rings. The van der Waals surface area contributed by atoms with E-state index in [2.05, 4.69) is 58.0 Å². The molecule has 3 aromatic rings. The second-order valence-corrected chi connectivity index (χ2v) is 9.15. The molecular weight excluding hydrogens is 455 g/mol. The Balaban J connectivity index is 0.00000228. The average Bonchev–Trinajstić information content (AvgIpc) is 3.10. The van der Waals surface area contributed by atoms with Crippen molar-refractivity contribution in [3.8, 4) is 5.75 Å². The Hall–Kier alpha value is -2.76. The predicted molar refractivity (Wildman–Crippen MR) is 136 cm³/mol. The van der Waals surface area contributed by atoms with Crippen LogP contribution in [0, 0.1) is 5.92 Å². The molecule has 0 radical (unpaired) electrons. The average molecular weight is 481 g/mol. The van der Waals surface area contributed by atoms with Crippen molar-refractivity contribution in [2.45, 2.75) is 38.3 Å². The standard InChI is InChI=1S/C26H25ClN4O.ClH/c27-22-11-12-28-25-21-14-29-30-15-23(21)31-26(25)24(22)17-6-8-19(9-7-17)32-20-10-5-16-3-1-2-4-18(16)13-20;/h1-5,10-11,13,15,17,19,29,31H,6-9,12,14H2;1H. The van der Waals surface area contributed by atoms with Gasteiger partial charge < -0.3 is 15.1 Å². The lowest BCUT2D eigenvalue weighted by Crippen LogP contribution is -2.33. The third-order valence-electron chi connectivity index (χ3n) is 6.80. The summed E-state index contributed by atoms with van der Waals surface area (Å²) in [6, 6.07) is 14.8. The molecule has 7 heteroatoms. The van der Waals surface area contributed by atoms with E-state index in [0.717, 1.165) is 52.9 Å². The Kier molecular flexibility index (Phi) is 6.17. The number of H-pyrrole nitrogens is 1. The second-order valence-electron chi connectivity index (χ2n) is 8.74. The summed E-state index contributed by atoms with van der Waals surface area (Å²) in [7, 11) is 0. The van der Waals surface area contributed by atoms with Crippen molar-refractivity contribution in [3.63, 3.8) is 0 Å². The Labute approximate surface area is 203 Å². The smallest absolute Gasteiger partial charge is 0.120 e. The van der Waals surface area contributed by atoms with Crippen molar-refractivity contribution in [2.24, 2.45) is 16.0 Å². The van der Waals surface area contributed by atoms with Crippen LogP contribution in [-0.2, 0) is 6.54 Å². The summed E-state index contributed by atoms with van der Waals surface area (Å²) in [6.45, 7) is 1.30. The Morgan fingerprint density at radius 2 is 1.82 bits per heavy atom. The van der Waals surface area contributed by atoms with Crippen molar-refractivity contribution < 1.29 is 4.74 Å². The fraction of sp³-hybridized carbons (Fsp3) is 0.308. The zero-order valence-corrected chi connectivity index (χ0v) is 19.8. The van der Waals surface area contributed by atoms with Crippen LogP contribution in [0.5, 0.6) is 5.75 Å². The highest BCUT2D eigenvalue weighted by atomic mass is 35.5. The van der Waals surface area contributed by atoms with E-state index >= 15 is 0 Å². The first kappa shape index (κ1) is 22.1. The van der Waals surface area contributed by atoms with E-state index in [1.165, 1.54) is 21.9 Å². The lowest BCUT2D eigenvalue weighted by Gasteiger charge is -2.30. The number of fused-ring (bicyclic) bond motifs is 4. The van der Waals surface area contributed by atoms with Crippen molar-refractivity contribution in [1.29, 1.82) is 0 Å². The van der Waals surface area contributed by atoms with E-state index < -0.39 is 0 Å². The summed E-state index contributed by atoms with van der Waals surface area (Å²) >= 11 is 6.80. The molecule has 0 atom stereocenters. The van der Waals surface area contributed by atoms with Gasteiger partial charge in [0.2, 0.25) is 0 Å². The number of aromatic nitrogens is 1. The van der Waals surface area contributed by atoms with E-state index in [1.54, 1.807) is 0 Å².